The first kappa shape index (κ1) is 22.3. The predicted octanol–water partition coefficient (Wildman–Crippen LogP) is 3.76. The van der Waals surface area contributed by atoms with E-state index in [1.807, 2.05) is 18.7 Å². The lowest BCUT2D eigenvalue weighted by Crippen LogP contribution is -2.31. The highest BCUT2D eigenvalue weighted by Gasteiger charge is 2.05. The Balaban J connectivity index is 0. The maximum absolute atomic E-state index is 12.1. The number of unbranched alkanes of at least 4 members (excludes halogenated alkanes) is 1. The van der Waals surface area contributed by atoms with Crippen molar-refractivity contribution >= 4 is 34.8 Å². The molecule has 124 valence electrons. The molecule has 0 fully saturated rings. The van der Waals surface area contributed by atoms with Crippen LogP contribution in [0.4, 0.5) is 8.78 Å². The van der Waals surface area contributed by atoms with E-state index in [-0.39, 0.29) is 5.57 Å². The minimum Gasteiger partial charge on any atom is -0.487 e. The van der Waals surface area contributed by atoms with Crippen LogP contribution in [0.2, 0.25) is 0 Å². The number of rotatable bonds is 7. The molecule has 0 aromatic carbocycles. The minimum absolute atomic E-state index is 0.163. The van der Waals surface area contributed by atoms with Gasteiger partial charge in [-0.1, -0.05) is 0 Å². The summed E-state index contributed by atoms with van der Waals surface area (Å²) >= 11 is 8.96. The second-order valence-corrected chi connectivity index (χ2v) is 4.89. The van der Waals surface area contributed by atoms with Crippen LogP contribution in [0.25, 0.3) is 0 Å². The molecule has 0 bridgehead atoms. The molecular formula is C13H24F2N2O2S2. The first-order valence-corrected chi connectivity index (χ1v) is 7.48. The van der Waals surface area contributed by atoms with Crippen LogP contribution in [0.15, 0.2) is 11.7 Å². The van der Waals surface area contributed by atoms with E-state index >= 15 is 0 Å². The Morgan fingerprint density at radius 3 is 2.05 bits per heavy atom. The number of ether oxygens (including phenoxy) is 1. The van der Waals surface area contributed by atoms with Crippen LogP contribution in [0.5, 0.6) is 0 Å². The van der Waals surface area contributed by atoms with Crippen LogP contribution in [0.1, 0.15) is 40.0 Å². The molecule has 0 heterocycles. The molecule has 8 heteroatoms. The van der Waals surface area contributed by atoms with Gasteiger partial charge in [-0.25, -0.2) is 0 Å². The van der Waals surface area contributed by atoms with Crippen molar-refractivity contribution in [1.82, 2.24) is 4.90 Å². The molecule has 21 heavy (non-hydrogen) atoms. The van der Waals surface area contributed by atoms with E-state index in [1.165, 1.54) is 6.92 Å². The maximum atomic E-state index is 12.1. The summed E-state index contributed by atoms with van der Waals surface area (Å²) in [6.45, 7) is 7.62. The molecule has 4 nitrogen and oxygen atoms in total. The molecule has 0 aromatic heterocycles. The van der Waals surface area contributed by atoms with Crippen molar-refractivity contribution in [3.05, 3.63) is 11.7 Å². The molecule has 0 unspecified atom stereocenters. The lowest BCUT2D eigenvalue weighted by molar-refractivity contribution is 0.242. The second kappa shape index (κ2) is 13.9. The third-order valence-electron chi connectivity index (χ3n) is 2.52. The van der Waals surface area contributed by atoms with Gasteiger partial charge in [-0.3, -0.25) is 0 Å². The Kier molecular flexibility index (Phi) is 14.8. The average molecular weight is 342 g/mol. The SMILES string of the molecule is CCN(CC)C(=S)OCCCCC(C)=C(F)F.NC(O)=S. The summed E-state index contributed by atoms with van der Waals surface area (Å²) in [5.74, 6) is 0. The molecule has 0 rings (SSSR count). The first-order valence-electron chi connectivity index (χ1n) is 6.67. The standard InChI is InChI=1S/C12H21F2NOS.CH3NOS/c1-4-15(5-2)12(17)16-9-7-6-8-10(3)11(13)14;2-1(3)4/h4-9H2,1-3H3;(H3,2,3,4). The molecular weight excluding hydrogens is 318 g/mol. The predicted molar refractivity (Wildman–Crippen MR) is 89.7 cm³/mol. The van der Waals surface area contributed by atoms with Gasteiger partial charge < -0.3 is 20.5 Å². The van der Waals surface area contributed by atoms with Gasteiger partial charge in [0.1, 0.15) is 0 Å². The quantitative estimate of drug-likeness (QED) is 0.543. The van der Waals surface area contributed by atoms with Gasteiger partial charge in [-0.05, 0) is 70.0 Å². The molecule has 0 radical (unpaired) electrons. The van der Waals surface area contributed by atoms with Crippen molar-refractivity contribution in [3.8, 4) is 0 Å². The van der Waals surface area contributed by atoms with Crippen LogP contribution >= 0.6 is 24.4 Å². The molecule has 0 saturated carbocycles. The zero-order chi connectivity index (χ0) is 16.8. The largest absolute Gasteiger partial charge is 0.487 e. The van der Waals surface area contributed by atoms with Crippen LogP contribution in [-0.2, 0) is 4.74 Å². The van der Waals surface area contributed by atoms with Gasteiger partial charge in [0.25, 0.3) is 16.4 Å². The van der Waals surface area contributed by atoms with Crippen LogP contribution in [-0.4, -0.2) is 40.1 Å². The zero-order valence-corrected chi connectivity index (χ0v) is 14.3. The molecule has 3 N–H and O–H groups in total. The van der Waals surface area contributed by atoms with Crippen molar-refractivity contribution in [2.24, 2.45) is 5.73 Å². The topological polar surface area (TPSA) is 58.7 Å². The Bertz CT molecular complexity index is 341. The van der Waals surface area contributed by atoms with E-state index in [1.54, 1.807) is 0 Å². The summed E-state index contributed by atoms with van der Waals surface area (Å²) in [6, 6.07) is 0. The van der Waals surface area contributed by atoms with Gasteiger partial charge in [0.2, 0.25) is 0 Å². The van der Waals surface area contributed by atoms with Crippen LogP contribution < -0.4 is 5.73 Å². The Morgan fingerprint density at radius 1 is 1.19 bits per heavy atom. The fourth-order valence-electron chi connectivity index (χ4n) is 1.32. The summed E-state index contributed by atoms with van der Waals surface area (Å²) in [5.41, 5.74) is 4.56. The maximum Gasteiger partial charge on any atom is 0.269 e. The van der Waals surface area contributed by atoms with E-state index in [0.717, 1.165) is 19.5 Å². The fraction of sp³-hybridized carbons (Fsp3) is 0.692. The van der Waals surface area contributed by atoms with Gasteiger partial charge >= 0.3 is 0 Å². The molecule has 0 aliphatic rings. The second-order valence-electron chi connectivity index (χ2n) is 4.12. The number of aliphatic hydroxyl groups is 1. The summed E-state index contributed by atoms with van der Waals surface area (Å²) in [7, 11) is 0. The Morgan fingerprint density at radius 2 is 1.67 bits per heavy atom. The first-order chi connectivity index (χ1) is 9.76. The summed E-state index contributed by atoms with van der Waals surface area (Å²) in [6.07, 6.45) is 0.296. The van der Waals surface area contributed by atoms with Crippen molar-refractivity contribution in [1.29, 1.82) is 0 Å². The number of halogens is 2. The smallest absolute Gasteiger partial charge is 0.269 e. The number of aliphatic hydroxyl groups excluding tert-OH is 1. The molecule has 0 aromatic rings. The number of thiocarbonyl (C=S) groups is 2. The minimum atomic E-state index is -1.57. The van der Waals surface area contributed by atoms with Crippen LogP contribution in [0.3, 0.4) is 0 Å². The number of hydrogen-bond donors (Lipinski definition) is 2. The van der Waals surface area contributed by atoms with E-state index in [2.05, 4.69) is 18.0 Å². The highest BCUT2D eigenvalue weighted by atomic mass is 32.1. The molecule has 0 atom stereocenters. The summed E-state index contributed by atoms with van der Waals surface area (Å²) < 4.78 is 29.6. The Hall–Kier alpha value is -1.02. The number of nitrogens with zero attached hydrogens (tertiary/aromatic N) is 1. The lowest BCUT2D eigenvalue weighted by atomic mass is 10.1. The zero-order valence-electron chi connectivity index (χ0n) is 12.7. The number of allylic oxidation sites excluding steroid dienone is 1. The Labute approximate surface area is 135 Å². The van der Waals surface area contributed by atoms with Crippen LogP contribution in [0, 0.1) is 0 Å². The van der Waals surface area contributed by atoms with Crippen molar-refractivity contribution in [2.75, 3.05) is 19.7 Å². The van der Waals surface area contributed by atoms with Crippen molar-refractivity contribution in [3.63, 3.8) is 0 Å². The third kappa shape index (κ3) is 15.2. The van der Waals surface area contributed by atoms with E-state index < -0.39 is 11.3 Å². The normalized spacial score (nSPS) is 9.19. The third-order valence-corrected chi connectivity index (χ3v) is 2.89. The molecule has 0 aliphatic carbocycles. The van der Waals surface area contributed by atoms with E-state index in [9.17, 15) is 8.78 Å². The van der Waals surface area contributed by atoms with Gasteiger partial charge in [0.05, 0.1) is 6.61 Å². The molecule has 0 spiro atoms. The summed E-state index contributed by atoms with van der Waals surface area (Å²) in [5, 5.41) is 7.56. The van der Waals surface area contributed by atoms with Crippen molar-refractivity contribution in [2.45, 2.75) is 40.0 Å². The van der Waals surface area contributed by atoms with Gasteiger partial charge in [-0.15, -0.1) is 0 Å². The average Bonchev–Trinajstić information content (AvgIpc) is 2.38. The van der Waals surface area contributed by atoms with Crippen molar-refractivity contribution < 1.29 is 18.6 Å². The van der Waals surface area contributed by atoms with Gasteiger partial charge in [0.15, 0.2) is 0 Å². The highest BCUT2D eigenvalue weighted by Crippen LogP contribution is 2.13. The lowest BCUT2D eigenvalue weighted by Gasteiger charge is -2.21. The molecule has 0 amide bonds. The molecule has 0 saturated heterocycles. The van der Waals surface area contributed by atoms with E-state index in [4.69, 9.17) is 22.1 Å². The van der Waals surface area contributed by atoms with E-state index in [0.29, 0.717) is 24.6 Å². The number of hydrogen-bond acceptors (Lipinski definition) is 3. The fourth-order valence-corrected chi connectivity index (χ4v) is 1.66. The van der Waals surface area contributed by atoms with Gasteiger partial charge in [-0.2, -0.15) is 8.78 Å². The monoisotopic (exact) mass is 342 g/mol. The molecule has 0 aliphatic heterocycles. The van der Waals surface area contributed by atoms with Gasteiger partial charge in [0, 0.05) is 13.1 Å². The number of nitrogens with two attached hydrogens (primary N) is 1. The highest BCUT2D eigenvalue weighted by molar-refractivity contribution is 7.80. The summed E-state index contributed by atoms with van der Waals surface area (Å²) in [4.78, 5) is 1.95.